The minimum absolute atomic E-state index is 0.429. The second kappa shape index (κ2) is 12.1. The lowest BCUT2D eigenvalue weighted by Gasteiger charge is -2.04. The summed E-state index contributed by atoms with van der Waals surface area (Å²) < 4.78 is 0. The molecule has 102 valence electrons. The minimum Gasteiger partial charge on any atom is -0.300 e. The van der Waals surface area contributed by atoms with Crippen LogP contribution in [0.3, 0.4) is 0 Å². The summed E-state index contributed by atoms with van der Waals surface area (Å²) in [6.07, 6.45) is 13.6. The zero-order valence-electron chi connectivity index (χ0n) is 12.3. The van der Waals surface area contributed by atoms with E-state index in [1.165, 1.54) is 51.4 Å². The molecule has 0 unspecified atom stereocenters. The highest BCUT2D eigenvalue weighted by Gasteiger charge is 1.98. The van der Waals surface area contributed by atoms with Crippen molar-refractivity contribution in [1.82, 2.24) is 0 Å². The van der Waals surface area contributed by atoms with E-state index < -0.39 is 0 Å². The highest BCUT2D eigenvalue weighted by molar-refractivity contribution is 5.77. The molecule has 0 spiro atoms. The van der Waals surface area contributed by atoms with Crippen molar-refractivity contribution in [1.29, 1.82) is 0 Å². The lowest BCUT2D eigenvalue weighted by atomic mass is 10.0. The van der Waals surface area contributed by atoms with Gasteiger partial charge in [-0.15, -0.1) is 0 Å². The van der Waals surface area contributed by atoms with Crippen molar-refractivity contribution in [3.63, 3.8) is 0 Å². The van der Waals surface area contributed by atoms with Gasteiger partial charge in [-0.05, 0) is 12.3 Å². The number of rotatable bonds is 12. The Labute approximate surface area is 108 Å². The van der Waals surface area contributed by atoms with E-state index in [2.05, 4.69) is 13.8 Å². The summed E-state index contributed by atoms with van der Waals surface area (Å²) >= 11 is 0. The number of carbonyl (C=O) groups excluding carboxylic acids is 1. The van der Waals surface area contributed by atoms with Crippen molar-refractivity contribution >= 4 is 5.78 Å². The summed E-state index contributed by atoms with van der Waals surface area (Å²) in [5.74, 6) is 1.30. The number of hydrogen-bond donors (Lipinski definition) is 0. The zero-order chi connectivity index (χ0) is 12.9. The van der Waals surface area contributed by atoms with Crippen LogP contribution in [0.5, 0.6) is 0 Å². The minimum atomic E-state index is 0.429. The van der Waals surface area contributed by atoms with Gasteiger partial charge in [0.1, 0.15) is 5.78 Å². The predicted octanol–water partition coefficient (Wildman–Crippen LogP) is 5.52. The van der Waals surface area contributed by atoms with E-state index >= 15 is 0 Å². The Morgan fingerprint density at radius 3 is 1.76 bits per heavy atom. The molecule has 0 fully saturated rings. The topological polar surface area (TPSA) is 17.1 Å². The Balaban J connectivity index is 3.01. The fourth-order valence-corrected chi connectivity index (χ4v) is 2.11. The molecule has 0 amide bonds. The molecule has 0 aromatic carbocycles. The second-order valence-electron chi connectivity index (χ2n) is 5.65. The average Bonchev–Trinajstić information content (AvgIpc) is 2.30. The molecule has 0 radical (unpaired) electrons. The maximum Gasteiger partial charge on any atom is 0.132 e. The molecule has 0 heterocycles. The van der Waals surface area contributed by atoms with Crippen molar-refractivity contribution in [2.45, 2.75) is 91.4 Å². The fraction of sp³-hybridized carbons (Fsp3) is 0.938. The highest BCUT2D eigenvalue weighted by Crippen LogP contribution is 2.13. The van der Waals surface area contributed by atoms with E-state index in [4.69, 9.17) is 0 Å². The number of Topliss-reactive ketones (excluding diaryl/α,β-unsaturated/α-hetero) is 1. The van der Waals surface area contributed by atoms with Crippen LogP contribution in [0.2, 0.25) is 0 Å². The zero-order valence-corrected chi connectivity index (χ0v) is 12.3. The van der Waals surface area contributed by atoms with Crippen LogP contribution in [0.15, 0.2) is 0 Å². The van der Waals surface area contributed by atoms with Gasteiger partial charge in [-0.2, -0.15) is 0 Å². The molecule has 0 rings (SSSR count). The largest absolute Gasteiger partial charge is 0.300 e. The molecule has 0 atom stereocenters. The first kappa shape index (κ1) is 16.7. The first-order chi connectivity index (χ1) is 8.16. The molecule has 0 bridgehead atoms. The van der Waals surface area contributed by atoms with Crippen LogP contribution in [-0.2, 0) is 4.79 Å². The number of carbonyl (C=O) groups is 1. The molecule has 0 N–H and O–H groups in total. The van der Waals surface area contributed by atoms with Crippen molar-refractivity contribution in [3.05, 3.63) is 0 Å². The quantitative estimate of drug-likeness (QED) is 0.410. The van der Waals surface area contributed by atoms with E-state index in [1.54, 1.807) is 0 Å². The van der Waals surface area contributed by atoms with Gasteiger partial charge in [-0.1, -0.05) is 72.1 Å². The van der Waals surface area contributed by atoms with Crippen LogP contribution in [-0.4, -0.2) is 5.78 Å². The predicted molar refractivity (Wildman–Crippen MR) is 76.3 cm³/mol. The van der Waals surface area contributed by atoms with Crippen LogP contribution in [0.25, 0.3) is 0 Å². The molecule has 0 aliphatic carbocycles. The van der Waals surface area contributed by atoms with Crippen LogP contribution < -0.4 is 0 Å². The smallest absolute Gasteiger partial charge is 0.132 e. The third-order valence-electron chi connectivity index (χ3n) is 3.38. The number of unbranched alkanes of at least 4 members (excludes halogenated alkanes) is 7. The first-order valence-electron chi connectivity index (χ1n) is 7.68. The van der Waals surface area contributed by atoms with E-state index in [-0.39, 0.29) is 0 Å². The first-order valence-corrected chi connectivity index (χ1v) is 7.68. The summed E-state index contributed by atoms with van der Waals surface area (Å²) in [5, 5.41) is 0. The van der Waals surface area contributed by atoms with Gasteiger partial charge in [0.05, 0.1) is 0 Å². The fourth-order valence-electron chi connectivity index (χ4n) is 2.11. The van der Waals surface area contributed by atoms with Crippen molar-refractivity contribution in [2.24, 2.45) is 5.92 Å². The molecule has 17 heavy (non-hydrogen) atoms. The molecule has 0 aromatic heterocycles. The molecule has 0 aliphatic rings. The summed E-state index contributed by atoms with van der Waals surface area (Å²) in [4.78, 5) is 11.1. The molecule has 1 nitrogen and oxygen atoms in total. The summed E-state index contributed by atoms with van der Waals surface area (Å²) in [6.45, 7) is 6.56. The van der Waals surface area contributed by atoms with Gasteiger partial charge in [0.2, 0.25) is 0 Å². The third kappa shape index (κ3) is 13.6. The van der Waals surface area contributed by atoms with Crippen LogP contribution in [0.1, 0.15) is 91.4 Å². The average molecular weight is 240 g/mol. The summed E-state index contributed by atoms with van der Waals surface area (Å²) in [5.41, 5.74) is 0. The SMILES string of the molecule is CCC(=O)CCCCCCCCCCC(C)C. The van der Waals surface area contributed by atoms with Crippen LogP contribution in [0, 0.1) is 5.92 Å². The molecule has 0 aliphatic heterocycles. The Bertz CT molecular complexity index is 172. The molecule has 0 saturated carbocycles. The van der Waals surface area contributed by atoms with Gasteiger partial charge in [-0.3, -0.25) is 4.79 Å². The highest BCUT2D eigenvalue weighted by atomic mass is 16.1. The van der Waals surface area contributed by atoms with Crippen molar-refractivity contribution in [2.75, 3.05) is 0 Å². The maximum absolute atomic E-state index is 11.1. The standard InChI is InChI=1S/C16H32O/c1-4-16(17)14-12-10-8-6-5-7-9-11-13-15(2)3/h15H,4-14H2,1-3H3. The Hall–Kier alpha value is -0.330. The maximum atomic E-state index is 11.1. The van der Waals surface area contributed by atoms with E-state index in [0.29, 0.717) is 5.78 Å². The van der Waals surface area contributed by atoms with E-state index in [0.717, 1.165) is 25.2 Å². The monoisotopic (exact) mass is 240 g/mol. The van der Waals surface area contributed by atoms with Gasteiger partial charge in [0.15, 0.2) is 0 Å². The van der Waals surface area contributed by atoms with Gasteiger partial charge in [-0.25, -0.2) is 0 Å². The van der Waals surface area contributed by atoms with Crippen LogP contribution in [0.4, 0.5) is 0 Å². The molecular formula is C16H32O. The van der Waals surface area contributed by atoms with E-state index in [1.807, 2.05) is 6.92 Å². The molecule has 0 saturated heterocycles. The molecule has 0 aromatic rings. The van der Waals surface area contributed by atoms with Gasteiger partial charge < -0.3 is 0 Å². The molecule has 1 heteroatoms. The van der Waals surface area contributed by atoms with Gasteiger partial charge >= 0.3 is 0 Å². The summed E-state index contributed by atoms with van der Waals surface area (Å²) in [7, 11) is 0. The second-order valence-corrected chi connectivity index (χ2v) is 5.65. The Kier molecular flexibility index (Phi) is 11.9. The third-order valence-corrected chi connectivity index (χ3v) is 3.38. The van der Waals surface area contributed by atoms with Gasteiger partial charge in [0, 0.05) is 12.8 Å². The number of ketones is 1. The van der Waals surface area contributed by atoms with Gasteiger partial charge in [0.25, 0.3) is 0 Å². The normalized spacial score (nSPS) is 11.1. The van der Waals surface area contributed by atoms with E-state index in [9.17, 15) is 4.79 Å². The molecular weight excluding hydrogens is 208 g/mol. The van der Waals surface area contributed by atoms with Crippen molar-refractivity contribution in [3.8, 4) is 0 Å². The van der Waals surface area contributed by atoms with Crippen LogP contribution >= 0.6 is 0 Å². The lowest BCUT2D eigenvalue weighted by Crippen LogP contribution is -1.94. The Morgan fingerprint density at radius 2 is 1.29 bits per heavy atom. The van der Waals surface area contributed by atoms with Crippen molar-refractivity contribution < 1.29 is 4.79 Å². The lowest BCUT2D eigenvalue weighted by molar-refractivity contribution is -0.118. The number of hydrogen-bond acceptors (Lipinski definition) is 1. The summed E-state index contributed by atoms with van der Waals surface area (Å²) in [6, 6.07) is 0. The Morgan fingerprint density at radius 1 is 0.824 bits per heavy atom.